The van der Waals surface area contributed by atoms with E-state index in [0.717, 1.165) is 19.3 Å². The Labute approximate surface area is 336 Å². The van der Waals surface area contributed by atoms with Gasteiger partial charge < -0.3 is 18.8 Å². The van der Waals surface area contributed by atoms with Gasteiger partial charge in [-0.25, -0.2) is 0 Å². The molecule has 3 rings (SSSR count). The van der Waals surface area contributed by atoms with Crippen molar-refractivity contribution in [3.05, 3.63) is 58.8 Å². The first-order valence-corrected chi connectivity index (χ1v) is 21.0. The molecule has 0 spiro atoms. The maximum absolute atomic E-state index is 14.7. The number of allylic oxidation sites excluding steroid dienone is 1. The number of hydrogen-bond donors (Lipinski definition) is 0. The maximum Gasteiger partial charge on any atom is 0.316 e. The highest BCUT2D eigenvalue weighted by Gasteiger charge is 2.32. The van der Waals surface area contributed by atoms with Crippen LogP contribution in [0.1, 0.15) is 166 Å². The number of pyridine rings is 1. The average Bonchev–Trinajstić information content (AvgIpc) is 3.12. The fraction of sp³-hybridized carbons (Fsp3) is 0.583. The summed E-state index contributed by atoms with van der Waals surface area (Å²) in [6.45, 7) is 17.8. The van der Waals surface area contributed by atoms with E-state index in [2.05, 4.69) is 6.92 Å². The number of benzene rings is 2. The SMILES string of the molecule is CCCCCCCCCCCCCCCCC=Cn1c(-c2ccccc2)c(OC(=O)C(C)(C)C)c(=O)c2c(OC(=O)C(C)(C)C)cc(OC(=O)C(C)(C)C)cc21. The highest BCUT2D eigenvalue weighted by atomic mass is 16.6. The van der Waals surface area contributed by atoms with E-state index in [-0.39, 0.29) is 22.6 Å². The van der Waals surface area contributed by atoms with Crippen LogP contribution in [0, 0.1) is 16.2 Å². The first-order chi connectivity index (χ1) is 26.4. The van der Waals surface area contributed by atoms with Crippen molar-refractivity contribution < 1.29 is 28.6 Å². The minimum Gasteiger partial charge on any atom is -0.426 e. The van der Waals surface area contributed by atoms with Gasteiger partial charge in [0.2, 0.25) is 11.2 Å². The van der Waals surface area contributed by atoms with Crippen molar-refractivity contribution in [3.63, 3.8) is 0 Å². The van der Waals surface area contributed by atoms with E-state index < -0.39 is 39.6 Å². The Morgan fingerprint density at radius 2 is 1.07 bits per heavy atom. The highest BCUT2D eigenvalue weighted by Crippen LogP contribution is 2.39. The second kappa shape index (κ2) is 21.4. The van der Waals surface area contributed by atoms with Crippen LogP contribution in [0.3, 0.4) is 0 Å². The molecule has 56 heavy (non-hydrogen) atoms. The van der Waals surface area contributed by atoms with Gasteiger partial charge in [0, 0.05) is 23.9 Å². The fourth-order valence-electron chi connectivity index (χ4n) is 6.10. The van der Waals surface area contributed by atoms with Gasteiger partial charge in [-0.15, -0.1) is 0 Å². The van der Waals surface area contributed by atoms with Crippen molar-refractivity contribution in [2.24, 2.45) is 16.2 Å². The van der Waals surface area contributed by atoms with Gasteiger partial charge in [0.1, 0.15) is 17.2 Å². The molecule has 0 N–H and O–H groups in total. The van der Waals surface area contributed by atoms with Crippen molar-refractivity contribution in [1.29, 1.82) is 0 Å². The van der Waals surface area contributed by atoms with Crippen molar-refractivity contribution in [3.8, 4) is 28.5 Å². The number of nitrogens with zero attached hydrogens (tertiary/aromatic N) is 1. The molecule has 8 heteroatoms. The van der Waals surface area contributed by atoms with Crippen LogP contribution in [0.2, 0.25) is 0 Å². The smallest absolute Gasteiger partial charge is 0.316 e. The van der Waals surface area contributed by atoms with Crippen LogP contribution in [-0.2, 0) is 14.4 Å². The van der Waals surface area contributed by atoms with Crippen LogP contribution in [0.15, 0.2) is 53.3 Å². The molecule has 0 aliphatic carbocycles. The number of aromatic nitrogens is 1. The van der Waals surface area contributed by atoms with E-state index in [9.17, 15) is 19.2 Å². The Bertz CT molecular complexity index is 1830. The summed E-state index contributed by atoms with van der Waals surface area (Å²) in [5.41, 5.74) is -1.97. The Hall–Kier alpha value is -4.20. The topological polar surface area (TPSA) is 101 Å². The number of carbonyl (C=O) groups excluding carboxylic acids is 3. The molecule has 3 aromatic rings. The summed E-state index contributed by atoms with van der Waals surface area (Å²) in [4.78, 5) is 54.6. The third-order valence-corrected chi connectivity index (χ3v) is 9.67. The molecule has 0 aliphatic rings. The summed E-state index contributed by atoms with van der Waals surface area (Å²) < 4.78 is 19.6. The lowest BCUT2D eigenvalue weighted by molar-refractivity contribution is -0.144. The minimum absolute atomic E-state index is 0.0238. The van der Waals surface area contributed by atoms with E-state index >= 15 is 0 Å². The molecule has 0 aliphatic heterocycles. The highest BCUT2D eigenvalue weighted by molar-refractivity contribution is 5.96. The average molecular weight is 772 g/mol. The molecule has 0 radical (unpaired) electrons. The standard InChI is InChI=1S/C48H69NO7/c1-11-12-13-14-15-16-17-18-19-20-21-22-23-24-25-29-32-49-37-33-36(54-43(51)46(2,3)4)34-38(55-44(52)47(5,6)7)39(37)41(50)42(56-45(53)48(8,9)10)40(49)35-30-27-26-28-31-35/h26-34H,11-25H2,1-10H3. The summed E-state index contributed by atoms with van der Waals surface area (Å²) in [5.74, 6) is -1.83. The summed E-state index contributed by atoms with van der Waals surface area (Å²) in [6.07, 6.45) is 22.6. The molecule has 1 aromatic heterocycles. The number of hydrogen-bond acceptors (Lipinski definition) is 7. The Morgan fingerprint density at radius 1 is 0.607 bits per heavy atom. The lowest BCUT2D eigenvalue weighted by atomic mass is 9.97. The molecule has 0 bridgehead atoms. The second-order valence-electron chi connectivity index (χ2n) is 18.2. The van der Waals surface area contributed by atoms with Crippen LogP contribution in [-0.4, -0.2) is 22.5 Å². The monoisotopic (exact) mass is 772 g/mol. The lowest BCUT2D eigenvalue weighted by Crippen LogP contribution is -2.29. The molecule has 2 aromatic carbocycles. The fourth-order valence-corrected chi connectivity index (χ4v) is 6.10. The molecule has 308 valence electrons. The molecule has 0 saturated carbocycles. The molecule has 0 atom stereocenters. The van der Waals surface area contributed by atoms with Crippen molar-refractivity contribution in [2.45, 2.75) is 166 Å². The van der Waals surface area contributed by atoms with Crippen molar-refractivity contribution in [2.75, 3.05) is 0 Å². The molecule has 8 nitrogen and oxygen atoms in total. The number of rotatable bonds is 20. The Balaban J connectivity index is 2.03. The number of unbranched alkanes of at least 4 members (excludes halogenated alkanes) is 14. The van der Waals surface area contributed by atoms with Crippen LogP contribution >= 0.6 is 0 Å². The first kappa shape index (κ1) is 46.2. The van der Waals surface area contributed by atoms with Crippen LogP contribution in [0.25, 0.3) is 28.4 Å². The molecule has 1 heterocycles. The lowest BCUT2D eigenvalue weighted by Gasteiger charge is -2.23. The molecule has 0 unspecified atom stereocenters. The van der Waals surface area contributed by atoms with E-state index in [0.29, 0.717) is 16.8 Å². The number of esters is 3. The second-order valence-corrected chi connectivity index (χ2v) is 18.2. The molecular weight excluding hydrogens is 703 g/mol. The molecule has 0 fully saturated rings. The Morgan fingerprint density at radius 3 is 1.57 bits per heavy atom. The van der Waals surface area contributed by atoms with E-state index in [1.165, 1.54) is 83.1 Å². The largest absolute Gasteiger partial charge is 0.426 e. The van der Waals surface area contributed by atoms with E-state index in [1.54, 1.807) is 72.9 Å². The number of fused-ring (bicyclic) bond motifs is 1. The summed E-state index contributed by atoms with van der Waals surface area (Å²) in [7, 11) is 0. The summed E-state index contributed by atoms with van der Waals surface area (Å²) in [6, 6.07) is 12.2. The van der Waals surface area contributed by atoms with Crippen molar-refractivity contribution in [1.82, 2.24) is 4.57 Å². The van der Waals surface area contributed by atoms with E-state index in [4.69, 9.17) is 14.2 Å². The van der Waals surface area contributed by atoms with Gasteiger partial charge in [-0.05, 0) is 75.2 Å². The zero-order valence-corrected chi connectivity index (χ0v) is 36.1. The van der Waals surface area contributed by atoms with Gasteiger partial charge in [0.05, 0.1) is 27.1 Å². The molecule has 0 saturated heterocycles. The van der Waals surface area contributed by atoms with Gasteiger partial charge in [-0.2, -0.15) is 0 Å². The van der Waals surface area contributed by atoms with E-state index in [1.807, 2.05) is 42.6 Å². The normalized spacial score (nSPS) is 12.3. The first-order valence-electron chi connectivity index (χ1n) is 21.0. The number of carbonyl (C=O) groups is 3. The summed E-state index contributed by atoms with van der Waals surface area (Å²) in [5, 5.41) is 0.0238. The van der Waals surface area contributed by atoms with Crippen LogP contribution in [0.5, 0.6) is 17.2 Å². The maximum atomic E-state index is 14.7. The van der Waals surface area contributed by atoms with Gasteiger partial charge in [-0.1, -0.05) is 127 Å². The zero-order valence-electron chi connectivity index (χ0n) is 36.1. The zero-order chi connectivity index (χ0) is 41.5. The third kappa shape index (κ3) is 14.1. The van der Waals surface area contributed by atoms with Gasteiger partial charge in [-0.3, -0.25) is 19.2 Å². The molecule has 0 amide bonds. The van der Waals surface area contributed by atoms with Gasteiger partial charge >= 0.3 is 17.9 Å². The van der Waals surface area contributed by atoms with Gasteiger partial charge in [0.25, 0.3) is 0 Å². The summed E-state index contributed by atoms with van der Waals surface area (Å²) >= 11 is 0. The quantitative estimate of drug-likeness (QED) is 0.0640. The Kier molecular flexibility index (Phi) is 17.6. The van der Waals surface area contributed by atoms with Crippen LogP contribution in [0.4, 0.5) is 0 Å². The third-order valence-electron chi connectivity index (χ3n) is 9.67. The number of ether oxygens (including phenoxy) is 3. The minimum atomic E-state index is -0.920. The predicted octanol–water partition coefficient (Wildman–Crippen LogP) is 12.9. The molecular formula is C48H69NO7. The van der Waals surface area contributed by atoms with Crippen LogP contribution < -0.4 is 19.6 Å². The van der Waals surface area contributed by atoms with Gasteiger partial charge in [0.15, 0.2) is 0 Å². The predicted molar refractivity (Wildman–Crippen MR) is 229 cm³/mol. The van der Waals surface area contributed by atoms with Crippen molar-refractivity contribution >= 4 is 35.0 Å².